The standard InChI is InChI=1S/C12H16O2/c1-4-11(13)8-14-12-7-9(2)5-6-10(12)3/h5-7H,4,8H2,1-3H3. The Bertz CT molecular complexity index is 329. The van der Waals surface area contributed by atoms with Gasteiger partial charge in [-0.15, -0.1) is 0 Å². The SMILES string of the molecule is CCC(=O)COc1cc(C)ccc1C. The van der Waals surface area contributed by atoms with Gasteiger partial charge in [-0.25, -0.2) is 0 Å². The van der Waals surface area contributed by atoms with Crippen molar-refractivity contribution in [3.8, 4) is 5.75 Å². The molecular weight excluding hydrogens is 176 g/mol. The Morgan fingerprint density at radius 3 is 2.71 bits per heavy atom. The second-order valence-corrected chi connectivity index (χ2v) is 3.45. The Morgan fingerprint density at radius 2 is 2.07 bits per heavy atom. The number of carbonyl (C=O) groups is 1. The third-order valence-corrected chi connectivity index (χ3v) is 2.13. The van der Waals surface area contributed by atoms with Crippen LogP contribution in [0.2, 0.25) is 0 Å². The van der Waals surface area contributed by atoms with Gasteiger partial charge < -0.3 is 4.74 Å². The van der Waals surface area contributed by atoms with Crippen LogP contribution >= 0.6 is 0 Å². The number of ether oxygens (including phenoxy) is 1. The first-order valence-corrected chi connectivity index (χ1v) is 4.85. The van der Waals surface area contributed by atoms with Crippen LogP contribution in [0.5, 0.6) is 5.75 Å². The fourth-order valence-electron chi connectivity index (χ4n) is 1.12. The second-order valence-electron chi connectivity index (χ2n) is 3.45. The second kappa shape index (κ2) is 4.80. The molecule has 0 saturated heterocycles. The van der Waals surface area contributed by atoms with Crippen molar-refractivity contribution in [3.05, 3.63) is 29.3 Å². The average molecular weight is 192 g/mol. The molecule has 0 N–H and O–H groups in total. The number of hydrogen-bond donors (Lipinski definition) is 0. The Morgan fingerprint density at radius 1 is 1.36 bits per heavy atom. The molecule has 0 saturated carbocycles. The van der Waals surface area contributed by atoms with E-state index in [1.165, 1.54) is 0 Å². The number of hydrogen-bond acceptors (Lipinski definition) is 2. The highest BCUT2D eigenvalue weighted by Crippen LogP contribution is 2.18. The fourth-order valence-corrected chi connectivity index (χ4v) is 1.12. The van der Waals surface area contributed by atoms with Gasteiger partial charge in [0.15, 0.2) is 5.78 Å². The summed E-state index contributed by atoms with van der Waals surface area (Å²) in [7, 11) is 0. The topological polar surface area (TPSA) is 26.3 Å². The first kappa shape index (κ1) is 10.8. The lowest BCUT2D eigenvalue weighted by atomic mass is 10.1. The normalized spacial score (nSPS) is 9.93. The number of carbonyl (C=O) groups excluding carboxylic acids is 1. The molecule has 76 valence electrons. The molecule has 2 heteroatoms. The minimum Gasteiger partial charge on any atom is -0.486 e. The lowest BCUT2D eigenvalue weighted by molar-refractivity contribution is -0.120. The van der Waals surface area contributed by atoms with E-state index in [1.54, 1.807) is 0 Å². The van der Waals surface area contributed by atoms with Crippen LogP contribution in [0, 0.1) is 13.8 Å². The van der Waals surface area contributed by atoms with Gasteiger partial charge in [-0.3, -0.25) is 4.79 Å². The molecule has 14 heavy (non-hydrogen) atoms. The lowest BCUT2D eigenvalue weighted by Crippen LogP contribution is -2.10. The Balaban J connectivity index is 2.66. The molecule has 0 aliphatic rings. The summed E-state index contributed by atoms with van der Waals surface area (Å²) in [6.07, 6.45) is 0.533. The minimum atomic E-state index is 0.130. The van der Waals surface area contributed by atoms with Crippen molar-refractivity contribution in [2.24, 2.45) is 0 Å². The molecule has 0 spiro atoms. The van der Waals surface area contributed by atoms with Gasteiger partial charge in [0.1, 0.15) is 12.4 Å². The molecule has 0 unspecified atom stereocenters. The van der Waals surface area contributed by atoms with Gasteiger partial charge in [0, 0.05) is 6.42 Å². The van der Waals surface area contributed by atoms with Crippen molar-refractivity contribution in [3.63, 3.8) is 0 Å². The number of benzene rings is 1. The van der Waals surface area contributed by atoms with E-state index in [0.29, 0.717) is 6.42 Å². The maximum atomic E-state index is 11.1. The van der Waals surface area contributed by atoms with Crippen LogP contribution in [0.25, 0.3) is 0 Å². The van der Waals surface area contributed by atoms with E-state index in [1.807, 2.05) is 39.0 Å². The van der Waals surface area contributed by atoms with Gasteiger partial charge in [-0.05, 0) is 31.0 Å². The predicted octanol–water partition coefficient (Wildman–Crippen LogP) is 2.66. The molecule has 1 aromatic carbocycles. The van der Waals surface area contributed by atoms with E-state index in [9.17, 15) is 4.79 Å². The summed E-state index contributed by atoms with van der Waals surface area (Å²) >= 11 is 0. The molecule has 0 aliphatic carbocycles. The summed E-state index contributed by atoms with van der Waals surface area (Å²) in [6.45, 7) is 6.01. The highest BCUT2D eigenvalue weighted by atomic mass is 16.5. The zero-order valence-electron chi connectivity index (χ0n) is 8.96. The summed E-state index contributed by atoms with van der Waals surface area (Å²) in [4.78, 5) is 11.1. The van der Waals surface area contributed by atoms with Crippen molar-refractivity contribution in [2.45, 2.75) is 27.2 Å². The van der Waals surface area contributed by atoms with E-state index >= 15 is 0 Å². The first-order chi connectivity index (χ1) is 6.63. The number of aryl methyl sites for hydroxylation is 2. The monoisotopic (exact) mass is 192 g/mol. The molecule has 0 amide bonds. The van der Waals surface area contributed by atoms with E-state index < -0.39 is 0 Å². The summed E-state index contributed by atoms with van der Waals surface area (Å²) in [5, 5.41) is 0. The third-order valence-electron chi connectivity index (χ3n) is 2.13. The first-order valence-electron chi connectivity index (χ1n) is 4.85. The predicted molar refractivity (Wildman–Crippen MR) is 56.7 cm³/mol. The Kier molecular flexibility index (Phi) is 3.69. The van der Waals surface area contributed by atoms with E-state index in [-0.39, 0.29) is 12.4 Å². The summed E-state index contributed by atoms with van der Waals surface area (Å²) in [6, 6.07) is 5.99. The summed E-state index contributed by atoms with van der Waals surface area (Å²) < 4.78 is 5.42. The van der Waals surface area contributed by atoms with E-state index in [2.05, 4.69) is 0 Å². The number of Topliss-reactive ketones (excluding diaryl/α,β-unsaturated/α-hetero) is 1. The molecule has 0 aromatic heterocycles. The van der Waals surface area contributed by atoms with Gasteiger partial charge in [0.2, 0.25) is 0 Å². The molecule has 1 rings (SSSR count). The highest BCUT2D eigenvalue weighted by Gasteiger charge is 2.02. The van der Waals surface area contributed by atoms with Crippen LogP contribution in [0.4, 0.5) is 0 Å². The molecule has 0 aliphatic heterocycles. The van der Waals surface area contributed by atoms with Crippen LogP contribution < -0.4 is 4.74 Å². The fraction of sp³-hybridized carbons (Fsp3) is 0.417. The van der Waals surface area contributed by atoms with Crippen LogP contribution in [0.3, 0.4) is 0 Å². The van der Waals surface area contributed by atoms with Crippen molar-refractivity contribution in [1.29, 1.82) is 0 Å². The van der Waals surface area contributed by atoms with Crippen molar-refractivity contribution in [2.75, 3.05) is 6.61 Å². The van der Waals surface area contributed by atoms with Crippen LogP contribution in [-0.2, 0) is 4.79 Å². The summed E-state index contributed by atoms with van der Waals surface area (Å²) in [5.41, 5.74) is 2.22. The van der Waals surface area contributed by atoms with Crippen LogP contribution in [-0.4, -0.2) is 12.4 Å². The van der Waals surface area contributed by atoms with Crippen molar-refractivity contribution < 1.29 is 9.53 Å². The van der Waals surface area contributed by atoms with Gasteiger partial charge in [-0.1, -0.05) is 19.1 Å². The van der Waals surface area contributed by atoms with Crippen LogP contribution in [0.1, 0.15) is 24.5 Å². The van der Waals surface area contributed by atoms with Crippen molar-refractivity contribution >= 4 is 5.78 Å². The van der Waals surface area contributed by atoms with Crippen LogP contribution in [0.15, 0.2) is 18.2 Å². The molecular formula is C12H16O2. The zero-order valence-corrected chi connectivity index (χ0v) is 8.96. The molecule has 0 atom stereocenters. The van der Waals surface area contributed by atoms with Gasteiger partial charge in [0.25, 0.3) is 0 Å². The molecule has 0 heterocycles. The Hall–Kier alpha value is -1.31. The van der Waals surface area contributed by atoms with Gasteiger partial charge >= 0.3 is 0 Å². The lowest BCUT2D eigenvalue weighted by Gasteiger charge is -2.08. The molecule has 0 radical (unpaired) electrons. The average Bonchev–Trinajstić information content (AvgIpc) is 2.19. The smallest absolute Gasteiger partial charge is 0.169 e. The van der Waals surface area contributed by atoms with Crippen molar-refractivity contribution in [1.82, 2.24) is 0 Å². The van der Waals surface area contributed by atoms with Gasteiger partial charge in [-0.2, -0.15) is 0 Å². The number of rotatable bonds is 4. The zero-order chi connectivity index (χ0) is 10.6. The van der Waals surface area contributed by atoms with E-state index in [0.717, 1.165) is 16.9 Å². The maximum absolute atomic E-state index is 11.1. The maximum Gasteiger partial charge on any atom is 0.169 e. The molecule has 1 aromatic rings. The number of ketones is 1. The summed E-state index contributed by atoms with van der Waals surface area (Å²) in [5.74, 6) is 0.942. The van der Waals surface area contributed by atoms with E-state index in [4.69, 9.17) is 4.74 Å². The molecule has 0 fully saturated rings. The molecule has 0 bridgehead atoms. The third kappa shape index (κ3) is 2.87. The minimum absolute atomic E-state index is 0.130. The Labute approximate surface area is 84.9 Å². The highest BCUT2D eigenvalue weighted by molar-refractivity contribution is 5.79. The molecule has 2 nitrogen and oxygen atoms in total. The van der Waals surface area contributed by atoms with Gasteiger partial charge in [0.05, 0.1) is 0 Å². The quantitative estimate of drug-likeness (QED) is 0.733. The largest absolute Gasteiger partial charge is 0.486 e.